The first kappa shape index (κ1) is 17.8. The highest BCUT2D eigenvalue weighted by Crippen LogP contribution is 2.31. The van der Waals surface area contributed by atoms with Gasteiger partial charge in [0, 0.05) is 35.5 Å². The number of benzene rings is 2. The highest BCUT2D eigenvalue weighted by Gasteiger charge is 2.33. The number of hydrogen-bond donors (Lipinski definition) is 0. The molecule has 0 radical (unpaired) electrons. The highest BCUT2D eigenvalue weighted by atomic mass is 32.2. The van der Waals surface area contributed by atoms with E-state index in [0.717, 1.165) is 24.0 Å². The molecule has 1 aliphatic carbocycles. The summed E-state index contributed by atoms with van der Waals surface area (Å²) in [6.07, 6.45) is 4.20. The summed E-state index contributed by atoms with van der Waals surface area (Å²) < 4.78 is 5.05. The van der Waals surface area contributed by atoms with Gasteiger partial charge in [-0.1, -0.05) is 29.4 Å². The van der Waals surface area contributed by atoms with Gasteiger partial charge in [0.25, 0.3) is 5.91 Å². The van der Waals surface area contributed by atoms with E-state index >= 15 is 0 Å². The Morgan fingerprint density at radius 1 is 1.22 bits per heavy atom. The van der Waals surface area contributed by atoms with E-state index in [4.69, 9.17) is 4.52 Å². The molecule has 0 aliphatic heterocycles. The molecule has 0 saturated heterocycles. The first-order valence-electron chi connectivity index (χ1n) is 8.98. The summed E-state index contributed by atoms with van der Waals surface area (Å²) in [5.74, 6) is 1.07. The Morgan fingerprint density at radius 2 is 2.00 bits per heavy atom. The number of hydrogen-bond acceptors (Lipinski definition) is 5. The van der Waals surface area contributed by atoms with E-state index in [1.54, 1.807) is 18.7 Å². The average molecular weight is 379 g/mol. The van der Waals surface area contributed by atoms with E-state index in [9.17, 15) is 4.79 Å². The van der Waals surface area contributed by atoms with Crippen LogP contribution in [0.4, 0.5) is 0 Å². The molecule has 1 amide bonds. The average Bonchev–Trinajstić information content (AvgIpc) is 3.46. The maximum Gasteiger partial charge on any atom is 0.254 e. The molecule has 1 aromatic heterocycles. The van der Waals surface area contributed by atoms with Crippen LogP contribution in [0.15, 0.2) is 57.9 Å². The Balaban J connectivity index is 1.57. The maximum absolute atomic E-state index is 13.2. The van der Waals surface area contributed by atoms with Crippen molar-refractivity contribution in [2.75, 3.05) is 6.26 Å². The molecule has 1 aliphatic rings. The third kappa shape index (κ3) is 4.06. The Hall–Kier alpha value is -2.60. The van der Waals surface area contributed by atoms with Gasteiger partial charge in [0.15, 0.2) is 0 Å². The SMILES string of the molecule is CSc1ccc(CN(C(=O)c2cccc(-c3noc(C)n3)c2)C2CC2)cc1. The summed E-state index contributed by atoms with van der Waals surface area (Å²) in [7, 11) is 0. The molecular formula is C21H21N3O2S. The van der Waals surface area contributed by atoms with Crippen LogP contribution >= 0.6 is 11.8 Å². The van der Waals surface area contributed by atoms with E-state index in [2.05, 4.69) is 40.7 Å². The van der Waals surface area contributed by atoms with Crippen molar-refractivity contribution in [2.24, 2.45) is 0 Å². The fraction of sp³-hybridized carbons (Fsp3) is 0.286. The second kappa shape index (κ2) is 7.56. The van der Waals surface area contributed by atoms with Crippen molar-refractivity contribution in [3.63, 3.8) is 0 Å². The summed E-state index contributed by atoms with van der Waals surface area (Å²) in [5.41, 5.74) is 2.60. The third-order valence-electron chi connectivity index (χ3n) is 4.66. The largest absolute Gasteiger partial charge is 0.339 e. The lowest BCUT2D eigenvalue weighted by molar-refractivity contribution is 0.0730. The van der Waals surface area contributed by atoms with Crippen LogP contribution in [0.2, 0.25) is 0 Å². The van der Waals surface area contributed by atoms with Crippen molar-refractivity contribution in [3.8, 4) is 11.4 Å². The van der Waals surface area contributed by atoms with E-state index in [1.807, 2.05) is 29.2 Å². The van der Waals surface area contributed by atoms with Crippen molar-refractivity contribution in [3.05, 3.63) is 65.5 Å². The lowest BCUT2D eigenvalue weighted by Gasteiger charge is -2.23. The van der Waals surface area contributed by atoms with Crippen molar-refractivity contribution >= 4 is 17.7 Å². The molecular weight excluding hydrogens is 358 g/mol. The molecule has 3 aromatic rings. The number of nitrogens with zero attached hydrogens (tertiary/aromatic N) is 3. The van der Waals surface area contributed by atoms with Crippen LogP contribution in [0.5, 0.6) is 0 Å². The molecule has 6 heteroatoms. The predicted octanol–water partition coefficient (Wildman–Crippen LogP) is 4.57. The van der Waals surface area contributed by atoms with Crippen LogP contribution in [-0.4, -0.2) is 33.2 Å². The summed E-state index contributed by atoms with van der Waals surface area (Å²) in [6.45, 7) is 2.38. The molecule has 0 spiro atoms. The van der Waals surface area contributed by atoms with Crippen LogP contribution < -0.4 is 0 Å². The minimum absolute atomic E-state index is 0.0495. The van der Waals surface area contributed by atoms with Gasteiger partial charge in [-0.15, -0.1) is 11.8 Å². The monoisotopic (exact) mass is 379 g/mol. The van der Waals surface area contributed by atoms with E-state index in [1.165, 1.54) is 4.90 Å². The maximum atomic E-state index is 13.2. The molecule has 5 nitrogen and oxygen atoms in total. The van der Waals surface area contributed by atoms with Crippen LogP contribution in [-0.2, 0) is 6.54 Å². The summed E-state index contributed by atoms with van der Waals surface area (Å²) in [4.78, 5) is 20.7. The van der Waals surface area contributed by atoms with Crippen LogP contribution in [0.25, 0.3) is 11.4 Å². The predicted molar refractivity (Wildman–Crippen MR) is 106 cm³/mol. The minimum atomic E-state index is 0.0495. The van der Waals surface area contributed by atoms with Gasteiger partial charge in [-0.05, 0) is 48.9 Å². The number of thioether (sulfide) groups is 1. The minimum Gasteiger partial charge on any atom is -0.339 e. The number of rotatable bonds is 6. The summed E-state index contributed by atoms with van der Waals surface area (Å²) in [5, 5.41) is 3.95. The van der Waals surface area contributed by atoms with Gasteiger partial charge in [0.2, 0.25) is 11.7 Å². The van der Waals surface area contributed by atoms with Gasteiger partial charge in [-0.3, -0.25) is 4.79 Å². The first-order chi connectivity index (χ1) is 13.1. The second-order valence-electron chi connectivity index (χ2n) is 6.73. The zero-order valence-corrected chi connectivity index (χ0v) is 16.2. The lowest BCUT2D eigenvalue weighted by atomic mass is 10.1. The molecule has 138 valence electrons. The zero-order chi connectivity index (χ0) is 18.8. The summed E-state index contributed by atoms with van der Waals surface area (Å²) in [6, 6.07) is 16.2. The van der Waals surface area contributed by atoms with Crippen LogP contribution in [0.3, 0.4) is 0 Å². The Morgan fingerprint density at radius 3 is 2.63 bits per heavy atom. The lowest BCUT2D eigenvalue weighted by Crippen LogP contribution is -2.32. The van der Waals surface area contributed by atoms with Crippen LogP contribution in [0, 0.1) is 6.92 Å². The number of carbonyl (C=O) groups is 1. The molecule has 1 heterocycles. The third-order valence-corrected chi connectivity index (χ3v) is 5.40. The van der Waals surface area contributed by atoms with E-state index < -0.39 is 0 Å². The van der Waals surface area contributed by atoms with Crippen molar-refractivity contribution in [2.45, 2.75) is 37.2 Å². The van der Waals surface area contributed by atoms with Crippen molar-refractivity contribution in [1.29, 1.82) is 0 Å². The molecule has 1 saturated carbocycles. The first-order valence-corrected chi connectivity index (χ1v) is 10.2. The fourth-order valence-electron chi connectivity index (χ4n) is 3.05. The molecule has 1 fully saturated rings. The van der Waals surface area contributed by atoms with Crippen molar-refractivity contribution < 1.29 is 9.32 Å². The Kier molecular flexibility index (Phi) is 4.99. The molecule has 0 N–H and O–H groups in total. The molecule has 4 rings (SSSR count). The quantitative estimate of drug-likeness (QED) is 0.587. The number of carbonyl (C=O) groups excluding carboxylic acids is 1. The summed E-state index contributed by atoms with van der Waals surface area (Å²) >= 11 is 1.72. The molecule has 0 unspecified atom stereocenters. The standard InChI is InChI=1S/C21H21N3O2S/c1-14-22-20(23-26-14)16-4-3-5-17(12-16)21(25)24(18-8-9-18)13-15-6-10-19(27-2)11-7-15/h3-7,10-12,18H,8-9,13H2,1-2H3. The van der Waals surface area contributed by atoms with Gasteiger partial charge in [0.05, 0.1) is 0 Å². The molecule has 0 bridgehead atoms. The number of amides is 1. The topological polar surface area (TPSA) is 59.2 Å². The van der Waals surface area contributed by atoms with E-state index in [0.29, 0.717) is 29.9 Å². The molecule has 2 aromatic carbocycles. The zero-order valence-electron chi connectivity index (χ0n) is 15.4. The van der Waals surface area contributed by atoms with Gasteiger partial charge in [-0.25, -0.2) is 0 Å². The number of aryl methyl sites for hydroxylation is 1. The van der Waals surface area contributed by atoms with E-state index in [-0.39, 0.29) is 5.91 Å². The number of aromatic nitrogens is 2. The normalized spacial score (nSPS) is 13.6. The molecule has 0 atom stereocenters. The van der Waals surface area contributed by atoms with Gasteiger partial charge < -0.3 is 9.42 Å². The second-order valence-corrected chi connectivity index (χ2v) is 7.61. The Bertz CT molecular complexity index is 948. The van der Waals surface area contributed by atoms with Gasteiger partial charge >= 0.3 is 0 Å². The fourth-order valence-corrected chi connectivity index (χ4v) is 3.46. The Labute approximate surface area is 162 Å². The van der Waals surface area contributed by atoms with Crippen LogP contribution in [0.1, 0.15) is 34.7 Å². The molecule has 27 heavy (non-hydrogen) atoms. The van der Waals surface area contributed by atoms with Gasteiger partial charge in [0.1, 0.15) is 0 Å². The van der Waals surface area contributed by atoms with Crippen molar-refractivity contribution in [1.82, 2.24) is 15.0 Å². The van der Waals surface area contributed by atoms with Gasteiger partial charge in [-0.2, -0.15) is 4.98 Å². The smallest absolute Gasteiger partial charge is 0.254 e. The highest BCUT2D eigenvalue weighted by molar-refractivity contribution is 7.98.